The van der Waals surface area contributed by atoms with Gasteiger partial charge in [0.25, 0.3) is 0 Å². The smallest absolute Gasteiger partial charge is 0.0367 e. The Kier molecular flexibility index (Phi) is 5.26. The number of nitrogens with one attached hydrogen (secondary N) is 1. The number of nitrogens with two attached hydrogens (primary N) is 1. The molecule has 1 fully saturated rings. The Hall–Kier alpha value is -2.00. The number of hydrogen-bond donors (Lipinski definition) is 2. The fourth-order valence-electron chi connectivity index (χ4n) is 2.01. The summed E-state index contributed by atoms with van der Waals surface area (Å²) in [6.07, 6.45) is 0. The molecule has 0 aromatic heterocycles. The Labute approximate surface area is 115 Å². The predicted molar refractivity (Wildman–Crippen MR) is 82.4 cm³/mol. The SMILES string of the molecule is Nc1ccccc1.c1ccc(N2CCNCC2)cc1. The average Bonchev–Trinajstić information content (AvgIpc) is 2.51. The summed E-state index contributed by atoms with van der Waals surface area (Å²) in [5.74, 6) is 0. The molecular weight excluding hydrogens is 234 g/mol. The van der Waals surface area contributed by atoms with E-state index >= 15 is 0 Å². The van der Waals surface area contributed by atoms with E-state index in [1.54, 1.807) is 0 Å². The average molecular weight is 255 g/mol. The molecule has 0 radical (unpaired) electrons. The third-order valence-electron chi connectivity index (χ3n) is 3.04. The topological polar surface area (TPSA) is 41.3 Å². The van der Waals surface area contributed by atoms with Crippen molar-refractivity contribution in [1.82, 2.24) is 5.32 Å². The molecule has 0 aliphatic carbocycles. The second-order valence-electron chi connectivity index (χ2n) is 4.48. The summed E-state index contributed by atoms with van der Waals surface area (Å²) in [5.41, 5.74) is 7.53. The molecule has 0 unspecified atom stereocenters. The van der Waals surface area contributed by atoms with E-state index in [2.05, 4.69) is 40.5 Å². The van der Waals surface area contributed by atoms with E-state index in [1.165, 1.54) is 5.69 Å². The van der Waals surface area contributed by atoms with Gasteiger partial charge in [0.1, 0.15) is 0 Å². The van der Waals surface area contributed by atoms with Crippen LogP contribution in [0.3, 0.4) is 0 Å². The number of hydrogen-bond acceptors (Lipinski definition) is 3. The lowest BCUT2D eigenvalue weighted by atomic mass is 10.2. The zero-order valence-electron chi connectivity index (χ0n) is 11.1. The molecule has 0 atom stereocenters. The predicted octanol–water partition coefficient (Wildman–Crippen LogP) is 2.37. The van der Waals surface area contributed by atoms with Crippen molar-refractivity contribution in [3.63, 3.8) is 0 Å². The number of rotatable bonds is 1. The molecule has 3 nitrogen and oxygen atoms in total. The number of benzene rings is 2. The van der Waals surface area contributed by atoms with Crippen LogP contribution in [0.1, 0.15) is 0 Å². The lowest BCUT2D eigenvalue weighted by molar-refractivity contribution is 0.589. The minimum atomic E-state index is 0.822. The first-order valence-electron chi connectivity index (χ1n) is 6.67. The summed E-state index contributed by atoms with van der Waals surface area (Å²) in [6, 6.07) is 20.1. The highest BCUT2D eigenvalue weighted by Gasteiger charge is 2.08. The van der Waals surface area contributed by atoms with Gasteiger partial charge in [-0.3, -0.25) is 0 Å². The molecule has 19 heavy (non-hydrogen) atoms. The molecule has 100 valence electrons. The largest absolute Gasteiger partial charge is 0.399 e. The van der Waals surface area contributed by atoms with Crippen molar-refractivity contribution in [1.29, 1.82) is 0 Å². The van der Waals surface area contributed by atoms with Crippen LogP contribution in [0.5, 0.6) is 0 Å². The van der Waals surface area contributed by atoms with Gasteiger partial charge < -0.3 is 16.0 Å². The summed E-state index contributed by atoms with van der Waals surface area (Å²) in [4.78, 5) is 2.41. The minimum Gasteiger partial charge on any atom is -0.399 e. The van der Waals surface area contributed by atoms with Crippen molar-refractivity contribution in [3.05, 3.63) is 60.7 Å². The molecule has 0 spiro atoms. The highest BCUT2D eigenvalue weighted by atomic mass is 15.2. The zero-order chi connectivity index (χ0) is 13.3. The maximum Gasteiger partial charge on any atom is 0.0367 e. The van der Waals surface area contributed by atoms with Crippen molar-refractivity contribution >= 4 is 11.4 Å². The quantitative estimate of drug-likeness (QED) is 0.769. The first-order chi connectivity index (χ1) is 9.36. The number of para-hydroxylation sites is 2. The fraction of sp³-hybridized carbons (Fsp3) is 0.250. The highest BCUT2D eigenvalue weighted by Crippen LogP contribution is 2.12. The second-order valence-corrected chi connectivity index (χ2v) is 4.48. The summed E-state index contributed by atoms with van der Waals surface area (Å²) in [6.45, 7) is 4.47. The molecule has 2 aromatic rings. The van der Waals surface area contributed by atoms with Crippen LogP contribution in [0.2, 0.25) is 0 Å². The standard InChI is InChI=1S/C10H14N2.C6H7N/c1-2-4-10(5-3-1)12-8-6-11-7-9-12;7-6-4-2-1-3-5-6/h1-5,11H,6-9H2;1-5H,7H2. The summed E-state index contributed by atoms with van der Waals surface area (Å²) in [7, 11) is 0. The monoisotopic (exact) mass is 255 g/mol. The number of anilines is 2. The van der Waals surface area contributed by atoms with E-state index in [0.717, 1.165) is 31.9 Å². The number of nitrogens with zero attached hydrogens (tertiary/aromatic N) is 1. The summed E-state index contributed by atoms with van der Waals surface area (Å²) >= 11 is 0. The molecule has 0 amide bonds. The first kappa shape index (κ1) is 13.4. The van der Waals surface area contributed by atoms with Gasteiger partial charge in [-0.15, -0.1) is 0 Å². The Morgan fingerprint density at radius 3 is 1.79 bits per heavy atom. The Morgan fingerprint density at radius 2 is 1.32 bits per heavy atom. The Balaban J connectivity index is 0.000000163. The van der Waals surface area contributed by atoms with E-state index in [0.29, 0.717) is 0 Å². The minimum absolute atomic E-state index is 0.822. The van der Waals surface area contributed by atoms with Gasteiger partial charge >= 0.3 is 0 Å². The molecule has 2 aromatic carbocycles. The van der Waals surface area contributed by atoms with Crippen LogP contribution in [0.15, 0.2) is 60.7 Å². The van der Waals surface area contributed by atoms with Gasteiger partial charge in [-0.25, -0.2) is 0 Å². The summed E-state index contributed by atoms with van der Waals surface area (Å²) < 4.78 is 0. The van der Waals surface area contributed by atoms with Crippen molar-refractivity contribution in [2.45, 2.75) is 0 Å². The Morgan fingerprint density at radius 1 is 0.789 bits per heavy atom. The summed E-state index contributed by atoms with van der Waals surface area (Å²) in [5, 5.41) is 3.34. The molecule has 1 aliphatic rings. The normalized spacial score (nSPS) is 14.4. The lowest BCUT2D eigenvalue weighted by Gasteiger charge is -2.29. The second kappa shape index (κ2) is 7.44. The zero-order valence-corrected chi connectivity index (χ0v) is 11.1. The van der Waals surface area contributed by atoms with Crippen LogP contribution in [-0.4, -0.2) is 26.2 Å². The maximum absolute atomic E-state index is 5.36. The molecule has 3 rings (SSSR count). The molecule has 0 bridgehead atoms. The molecule has 0 saturated carbocycles. The van der Waals surface area contributed by atoms with Crippen LogP contribution in [0.25, 0.3) is 0 Å². The lowest BCUT2D eigenvalue weighted by Crippen LogP contribution is -2.43. The molecule has 1 heterocycles. The number of piperazine rings is 1. The Bertz CT molecular complexity index is 450. The van der Waals surface area contributed by atoms with E-state index in [-0.39, 0.29) is 0 Å². The van der Waals surface area contributed by atoms with Gasteiger partial charge in [-0.05, 0) is 24.3 Å². The van der Waals surface area contributed by atoms with E-state index in [9.17, 15) is 0 Å². The van der Waals surface area contributed by atoms with Gasteiger partial charge in [-0.2, -0.15) is 0 Å². The third kappa shape index (κ3) is 4.64. The van der Waals surface area contributed by atoms with Crippen LogP contribution >= 0.6 is 0 Å². The molecule has 3 heteroatoms. The molecule has 3 N–H and O–H groups in total. The van der Waals surface area contributed by atoms with Crippen LogP contribution in [0.4, 0.5) is 11.4 Å². The van der Waals surface area contributed by atoms with Crippen LogP contribution in [-0.2, 0) is 0 Å². The highest BCUT2D eigenvalue weighted by molar-refractivity contribution is 5.46. The van der Waals surface area contributed by atoms with Crippen molar-refractivity contribution in [2.24, 2.45) is 0 Å². The maximum atomic E-state index is 5.36. The van der Waals surface area contributed by atoms with Crippen molar-refractivity contribution in [2.75, 3.05) is 36.8 Å². The van der Waals surface area contributed by atoms with Gasteiger partial charge in [0.15, 0.2) is 0 Å². The van der Waals surface area contributed by atoms with Gasteiger partial charge in [0.2, 0.25) is 0 Å². The van der Waals surface area contributed by atoms with Crippen LogP contribution in [0, 0.1) is 0 Å². The molecule has 1 saturated heterocycles. The van der Waals surface area contributed by atoms with E-state index < -0.39 is 0 Å². The van der Waals surface area contributed by atoms with Crippen molar-refractivity contribution in [3.8, 4) is 0 Å². The van der Waals surface area contributed by atoms with Crippen LogP contribution < -0.4 is 16.0 Å². The number of nitrogen functional groups attached to an aromatic ring is 1. The fourth-order valence-corrected chi connectivity index (χ4v) is 2.01. The first-order valence-corrected chi connectivity index (χ1v) is 6.67. The van der Waals surface area contributed by atoms with Crippen molar-refractivity contribution < 1.29 is 0 Å². The molecule has 1 aliphatic heterocycles. The third-order valence-corrected chi connectivity index (χ3v) is 3.04. The van der Waals surface area contributed by atoms with Gasteiger partial charge in [0.05, 0.1) is 0 Å². The van der Waals surface area contributed by atoms with Gasteiger partial charge in [0, 0.05) is 37.6 Å². The van der Waals surface area contributed by atoms with E-state index in [1.807, 2.05) is 30.3 Å². The van der Waals surface area contributed by atoms with E-state index in [4.69, 9.17) is 5.73 Å². The molecular formula is C16H21N3. The van der Waals surface area contributed by atoms with Gasteiger partial charge in [-0.1, -0.05) is 36.4 Å².